The van der Waals surface area contributed by atoms with Crippen LogP contribution in [-0.2, 0) is 4.79 Å². The van der Waals surface area contributed by atoms with Crippen molar-refractivity contribution in [3.8, 4) is 18.2 Å². The molecule has 1 saturated carbocycles. The standard InChI is InChI=1S/C18H17N5O/c1-12-15(22-17(11-21)14(9-19)10-20)7-4-8-16(12)23-18(24)13-5-2-3-6-13/h4,7-8,13,22H,2-3,5-6H2,1H3,(H,23,24). The molecule has 0 aliphatic heterocycles. The van der Waals surface area contributed by atoms with Crippen LogP contribution in [0.5, 0.6) is 0 Å². The average molecular weight is 319 g/mol. The van der Waals surface area contributed by atoms with E-state index in [1.165, 1.54) is 0 Å². The smallest absolute Gasteiger partial charge is 0.227 e. The van der Waals surface area contributed by atoms with E-state index in [4.69, 9.17) is 15.8 Å². The largest absolute Gasteiger partial charge is 0.345 e. The molecule has 24 heavy (non-hydrogen) atoms. The lowest BCUT2D eigenvalue weighted by Crippen LogP contribution is -2.21. The normalized spacial score (nSPS) is 13.2. The summed E-state index contributed by atoms with van der Waals surface area (Å²) in [6.07, 6.45) is 4.00. The number of amides is 1. The summed E-state index contributed by atoms with van der Waals surface area (Å²) in [6.45, 7) is 1.81. The molecule has 0 aromatic heterocycles. The predicted molar refractivity (Wildman–Crippen MR) is 89.3 cm³/mol. The van der Waals surface area contributed by atoms with Crippen molar-refractivity contribution < 1.29 is 4.79 Å². The Morgan fingerprint density at radius 1 is 1.04 bits per heavy atom. The molecule has 1 fully saturated rings. The van der Waals surface area contributed by atoms with Crippen molar-refractivity contribution in [2.45, 2.75) is 32.6 Å². The molecule has 0 unspecified atom stereocenters. The number of benzene rings is 1. The summed E-state index contributed by atoms with van der Waals surface area (Å²) in [7, 11) is 0. The first-order valence-electron chi connectivity index (χ1n) is 7.72. The van der Waals surface area contributed by atoms with Gasteiger partial charge in [-0.1, -0.05) is 18.9 Å². The van der Waals surface area contributed by atoms with Crippen molar-refractivity contribution in [2.75, 3.05) is 10.6 Å². The van der Waals surface area contributed by atoms with E-state index in [-0.39, 0.29) is 23.1 Å². The molecule has 120 valence electrons. The molecule has 2 rings (SSSR count). The maximum Gasteiger partial charge on any atom is 0.227 e. The fraction of sp³-hybridized carbons (Fsp3) is 0.333. The van der Waals surface area contributed by atoms with Crippen LogP contribution in [0.25, 0.3) is 0 Å². The summed E-state index contributed by atoms with van der Waals surface area (Å²) in [5.41, 5.74) is 1.58. The average Bonchev–Trinajstić information content (AvgIpc) is 3.12. The van der Waals surface area contributed by atoms with Crippen LogP contribution in [0.4, 0.5) is 11.4 Å². The number of hydrogen-bond acceptors (Lipinski definition) is 5. The summed E-state index contributed by atoms with van der Waals surface area (Å²) < 4.78 is 0. The minimum absolute atomic E-state index is 0.0125. The molecule has 1 aliphatic carbocycles. The van der Waals surface area contributed by atoms with Crippen molar-refractivity contribution in [2.24, 2.45) is 5.92 Å². The summed E-state index contributed by atoms with van der Waals surface area (Å²) in [4.78, 5) is 12.3. The van der Waals surface area contributed by atoms with Crippen molar-refractivity contribution in [3.63, 3.8) is 0 Å². The number of anilines is 2. The number of carbonyl (C=O) groups excluding carboxylic acids is 1. The highest BCUT2D eigenvalue weighted by Gasteiger charge is 2.23. The number of nitrogens with zero attached hydrogens (tertiary/aromatic N) is 3. The lowest BCUT2D eigenvalue weighted by Gasteiger charge is -2.15. The monoisotopic (exact) mass is 319 g/mol. The summed E-state index contributed by atoms with van der Waals surface area (Å²) in [6, 6.07) is 10.5. The van der Waals surface area contributed by atoms with Crippen LogP contribution in [0.1, 0.15) is 31.2 Å². The first-order chi connectivity index (χ1) is 11.6. The zero-order valence-corrected chi connectivity index (χ0v) is 13.4. The molecule has 1 amide bonds. The van der Waals surface area contributed by atoms with Crippen LogP contribution < -0.4 is 10.6 Å². The second kappa shape index (κ2) is 7.81. The lowest BCUT2D eigenvalue weighted by molar-refractivity contribution is -0.119. The number of rotatable bonds is 4. The number of allylic oxidation sites excluding steroid dienone is 2. The number of carbonyl (C=O) groups is 1. The van der Waals surface area contributed by atoms with Gasteiger partial charge in [-0.15, -0.1) is 0 Å². The van der Waals surface area contributed by atoms with Gasteiger partial charge in [0.05, 0.1) is 0 Å². The number of hydrogen-bond donors (Lipinski definition) is 2. The van der Waals surface area contributed by atoms with Crippen LogP contribution >= 0.6 is 0 Å². The van der Waals surface area contributed by atoms with Gasteiger partial charge < -0.3 is 10.6 Å². The maximum absolute atomic E-state index is 12.3. The Morgan fingerprint density at radius 3 is 2.17 bits per heavy atom. The van der Waals surface area contributed by atoms with Crippen LogP contribution in [0.15, 0.2) is 29.5 Å². The van der Waals surface area contributed by atoms with E-state index >= 15 is 0 Å². The van der Waals surface area contributed by atoms with Crippen molar-refractivity contribution in [1.82, 2.24) is 0 Å². The Hall–Kier alpha value is -3.30. The highest BCUT2D eigenvalue weighted by Crippen LogP contribution is 2.29. The van der Waals surface area contributed by atoms with E-state index in [0.29, 0.717) is 11.4 Å². The molecule has 6 heteroatoms. The van der Waals surface area contributed by atoms with Gasteiger partial charge in [0.2, 0.25) is 5.91 Å². The fourth-order valence-electron chi connectivity index (χ4n) is 2.75. The van der Waals surface area contributed by atoms with E-state index < -0.39 is 0 Å². The van der Waals surface area contributed by atoms with Crippen LogP contribution in [0, 0.1) is 46.8 Å². The molecule has 6 nitrogen and oxygen atoms in total. The van der Waals surface area contributed by atoms with E-state index in [1.807, 2.05) is 6.07 Å². The van der Waals surface area contributed by atoms with Gasteiger partial charge >= 0.3 is 0 Å². The molecular formula is C18H17N5O. The minimum Gasteiger partial charge on any atom is -0.345 e. The lowest BCUT2D eigenvalue weighted by atomic mass is 10.1. The summed E-state index contributed by atoms with van der Waals surface area (Å²) in [5, 5.41) is 32.6. The van der Waals surface area contributed by atoms with E-state index in [0.717, 1.165) is 31.2 Å². The molecule has 1 aromatic carbocycles. The van der Waals surface area contributed by atoms with Gasteiger partial charge in [0, 0.05) is 17.3 Å². The molecule has 0 saturated heterocycles. The third kappa shape index (κ3) is 3.72. The van der Waals surface area contributed by atoms with E-state index in [1.54, 1.807) is 37.3 Å². The summed E-state index contributed by atoms with van der Waals surface area (Å²) in [5.74, 6) is 0.0675. The first-order valence-corrected chi connectivity index (χ1v) is 7.72. The van der Waals surface area contributed by atoms with Gasteiger partial charge in [-0.25, -0.2) is 0 Å². The Labute approximate surface area is 141 Å². The Morgan fingerprint density at radius 2 is 1.62 bits per heavy atom. The van der Waals surface area contributed by atoms with Crippen molar-refractivity contribution in [3.05, 3.63) is 35.0 Å². The van der Waals surface area contributed by atoms with Crippen LogP contribution in [0.3, 0.4) is 0 Å². The van der Waals surface area contributed by atoms with Gasteiger partial charge in [-0.05, 0) is 37.5 Å². The van der Waals surface area contributed by atoms with Crippen LogP contribution in [0.2, 0.25) is 0 Å². The van der Waals surface area contributed by atoms with E-state index in [9.17, 15) is 4.79 Å². The molecular weight excluding hydrogens is 302 g/mol. The quantitative estimate of drug-likeness (QED) is 0.826. The maximum atomic E-state index is 12.3. The fourth-order valence-corrected chi connectivity index (χ4v) is 2.75. The molecule has 1 aliphatic rings. The Balaban J connectivity index is 2.24. The SMILES string of the molecule is Cc1c(NC(=O)C2CCCC2)cccc1NC(C#N)=C(C#N)C#N. The van der Waals surface area contributed by atoms with Gasteiger partial charge in [0.1, 0.15) is 23.9 Å². The molecule has 0 atom stereocenters. The molecule has 0 spiro atoms. The van der Waals surface area contributed by atoms with Crippen LogP contribution in [-0.4, -0.2) is 5.91 Å². The minimum atomic E-state index is -0.280. The molecule has 2 N–H and O–H groups in total. The molecule has 0 heterocycles. The van der Waals surface area contributed by atoms with Crippen molar-refractivity contribution in [1.29, 1.82) is 15.8 Å². The highest BCUT2D eigenvalue weighted by atomic mass is 16.1. The second-order valence-corrected chi connectivity index (χ2v) is 5.66. The van der Waals surface area contributed by atoms with Gasteiger partial charge in [-0.2, -0.15) is 15.8 Å². The Bertz CT molecular complexity index is 782. The second-order valence-electron chi connectivity index (χ2n) is 5.66. The topological polar surface area (TPSA) is 112 Å². The number of nitrogens with one attached hydrogen (secondary N) is 2. The molecule has 0 bridgehead atoms. The van der Waals surface area contributed by atoms with E-state index in [2.05, 4.69) is 10.6 Å². The number of nitriles is 3. The predicted octanol–water partition coefficient (Wildman–Crippen LogP) is 3.36. The van der Waals surface area contributed by atoms with Gasteiger partial charge in [0.15, 0.2) is 5.57 Å². The van der Waals surface area contributed by atoms with Gasteiger partial charge in [0.25, 0.3) is 0 Å². The summed E-state index contributed by atoms with van der Waals surface area (Å²) >= 11 is 0. The van der Waals surface area contributed by atoms with Crippen molar-refractivity contribution >= 4 is 17.3 Å². The first kappa shape index (κ1) is 17.1. The third-order valence-corrected chi connectivity index (χ3v) is 4.16. The highest BCUT2D eigenvalue weighted by molar-refractivity contribution is 5.94. The molecule has 1 aromatic rings. The van der Waals surface area contributed by atoms with Gasteiger partial charge in [-0.3, -0.25) is 4.79 Å². The Kier molecular flexibility index (Phi) is 5.55. The molecule has 0 radical (unpaired) electrons. The third-order valence-electron chi connectivity index (χ3n) is 4.16. The zero-order valence-electron chi connectivity index (χ0n) is 13.4. The zero-order chi connectivity index (χ0) is 17.5.